The highest BCUT2D eigenvalue weighted by atomic mass is 79.9. The van der Waals surface area contributed by atoms with Crippen molar-refractivity contribution in [2.24, 2.45) is 0 Å². The normalized spacial score (nSPS) is 10.2. The molecule has 9 heteroatoms. The fourth-order valence-electron chi connectivity index (χ4n) is 2.19. The number of nitrogens with one attached hydrogen (secondary N) is 3. The summed E-state index contributed by atoms with van der Waals surface area (Å²) in [7, 11) is 0. The van der Waals surface area contributed by atoms with Crippen molar-refractivity contribution >= 4 is 45.1 Å². The molecule has 0 saturated carbocycles. The molecule has 0 radical (unpaired) electrons. The molecule has 0 unspecified atom stereocenters. The third kappa shape index (κ3) is 7.71. The van der Waals surface area contributed by atoms with Crippen molar-refractivity contribution in [3.8, 4) is 11.5 Å². The maximum Gasteiger partial charge on any atom is 0.276 e. The third-order valence-corrected chi connectivity index (χ3v) is 4.30. The van der Waals surface area contributed by atoms with E-state index in [1.807, 2.05) is 32.9 Å². The molecule has 3 N–H and O–H groups in total. The minimum atomic E-state index is -0.454. The predicted molar refractivity (Wildman–Crippen MR) is 118 cm³/mol. The summed E-state index contributed by atoms with van der Waals surface area (Å²) in [6, 6.07) is 12.2. The van der Waals surface area contributed by atoms with Crippen LogP contribution in [0, 0.1) is 6.92 Å². The van der Waals surface area contributed by atoms with E-state index in [2.05, 4.69) is 32.1 Å². The number of benzene rings is 2. The molecule has 0 fully saturated rings. The lowest BCUT2D eigenvalue weighted by atomic mass is 10.2. The molecule has 0 heterocycles. The number of thiocarbonyl (C=S) groups is 1. The van der Waals surface area contributed by atoms with E-state index < -0.39 is 11.8 Å². The molecule has 0 bridgehead atoms. The summed E-state index contributed by atoms with van der Waals surface area (Å²) in [6.07, 6.45) is 0.0474. The highest BCUT2D eigenvalue weighted by molar-refractivity contribution is 9.10. The fraction of sp³-hybridized carbons (Fsp3) is 0.250. The van der Waals surface area contributed by atoms with Gasteiger partial charge in [-0.2, -0.15) is 0 Å². The molecule has 2 aromatic carbocycles. The molecule has 0 atom stereocenters. The number of ether oxygens (including phenoxy) is 2. The van der Waals surface area contributed by atoms with E-state index in [-0.39, 0.29) is 17.8 Å². The number of hydrazine groups is 1. The number of rotatable bonds is 6. The van der Waals surface area contributed by atoms with Gasteiger partial charge in [0.2, 0.25) is 0 Å². The SMILES string of the molecule is Cc1ccc(OCC(=O)NNC(=S)NC(=O)c2ccc(OC(C)C)cc2)c(Br)c1. The Balaban J connectivity index is 1.75. The van der Waals surface area contributed by atoms with Crippen LogP contribution in [0.15, 0.2) is 46.9 Å². The number of amides is 2. The number of halogens is 1. The Bertz CT molecular complexity index is 888. The van der Waals surface area contributed by atoms with Crippen molar-refractivity contribution in [3.63, 3.8) is 0 Å². The van der Waals surface area contributed by atoms with Crippen molar-refractivity contribution < 1.29 is 19.1 Å². The maximum atomic E-state index is 12.2. The van der Waals surface area contributed by atoms with Gasteiger partial charge in [-0.15, -0.1) is 0 Å². The summed E-state index contributed by atoms with van der Waals surface area (Å²) >= 11 is 8.39. The van der Waals surface area contributed by atoms with Gasteiger partial charge in [-0.3, -0.25) is 25.8 Å². The zero-order valence-corrected chi connectivity index (χ0v) is 18.6. The fourth-order valence-corrected chi connectivity index (χ4v) is 2.94. The lowest BCUT2D eigenvalue weighted by molar-refractivity contribution is -0.123. The van der Waals surface area contributed by atoms with Crippen LogP contribution in [-0.4, -0.2) is 29.6 Å². The highest BCUT2D eigenvalue weighted by Gasteiger charge is 2.10. The Hall–Kier alpha value is -2.65. The van der Waals surface area contributed by atoms with Crippen LogP contribution < -0.4 is 25.6 Å². The molecule has 2 amide bonds. The van der Waals surface area contributed by atoms with E-state index in [1.54, 1.807) is 30.3 Å². The molecule has 0 aliphatic rings. The molecular weight excluding hydrogens is 458 g/mol. The first-order valence-electron chi connectivity index (χ1n) is 8.80. The van der Waals surface area contributed by atoms with Gasteiger partial charge in [-0.05, 0) is 90.9 Å². The average molecular weight is 480 g/mol. The summed E-state index contributed by atoms with van der Waals surface area (Å²) in [5.41, 5.74) is 6.30. The summed E-state index contributed by atoms with van der Waals surface area (Å²) < 4.78 is 11.7. The topological polar surface area (TPSA) is 88.7 Å². The van der Waals surface area contributed by atoms with Crippen molar-refractivity contribution in [2.45, 2.75) is 26.9 Å². The largest absolute Gasteiger partial charge is 0.491 e. The van der Waals surface area contributed by atoms with E-state index in [0.717, 1.165) is 10.0 Å². The van der Waals surface area contributed by atoms with Gasteiger partial charge in [0.1, 0.15) is 11.5 Å². The minimum absolute atomic E-state index is 0.0395. The molecule has 0 aromatic heterocycles. The smallest absolute Gasteiger partial charge is 0.276 e. The second-order valence-corrected chi connectivity index (χ2v) is 7.63. The lowest BCUT2D eigenvalue weighted by Crippen LogP contribution is -2.49. The molecule has 0 saturated heterocycles. The highest BCUT2D eigenvalue weighted by Crippen LogP contribution is 2.25. The van der Waals surface area contributed by atoms with Gasteiger partial charge in [-0.1, -0.05) is 6.07 Å². The molecule has 0 aliphatic carbocycles. The van der Waals surface area contributed by atoms with Gasteiger partial charge in [0.25, 0.3) is 11.8 Å². The minimum Gasteiger partial charge on any atom is -0.491 e. The quantitative estimate of drug-likeness (QED) is 0.435. The predicted octanol–water partition coefficient (Wildman–Crippen LogP) is 3.26. The second kappa shape index (κ2) is 10.8. The number of carbonyl (C=O) groups excluding carboxylic acids is 2. The first-order chi connectivity index (χ1) is 13.7. The van der Waals surface area contributed by atoms with Gasteiger partial charge in [0.15, 0.2) is 11.7 Å². The Kier molecular flexibility index (Phi) is 8.41. The van der Waals surface area contributed by atoms with Gasteiger partial charge >= 0.3 is 0 Å². The Morgan fingerprint density at radius 3 is 2.41 bits per heavy atom. The zero-order valence-electron chi connectivity index (χ0n) is 16.2. The van der Waals surface area contributed by atoms with E-state index in [4.69, 9.17) is 21.7 Å². The summed E-state index contributed by atoms with van der Waals surface area (Å²) in [4.78, 5) is 24.1. The van der Waals surface area contributed by atoms with E-state index in [9.17, 15) is 9.59 Å². The first-order valence-corrected chi connectivity index (χ1v) is 10.0. The molecule has 0 spiro atoms. The molecule has 2 rings (SSSR count). The van der Waals surface area contributed by atoms with Crippen LogP contribution in [0.5, 0.6) is 11.5 Å². The van der Waals surface area contributed by atoms with Crippen LogP contribution in [0.1, 0.15) is 29.8 Å². The van der Waals surface area contributed by atoms with Crippen LogP contribution >= 0.6 is 28.1 Å². The Morgan fingerprint density at radius 2 is 1.79 bits per heavy atom. The van der Waals surface area contributed by atoms with Crippen molar-refractivity contribution in [1.29, 1.82) is 0 Å². The Morgan fingerprint density at radius 1 is 1.10 bits per heavy atom. The lowest BCUT2D eigenvalue weighted by Gasteiger charge is -2.13. The average Bonchev–Trinajstić information content (AvgIpc) is 2.65. The zero-order chi connectivity index (χ0) is 21.4. The summed E-state index contributed by atoms with van der Waals surface area (Å²) in [5.74, 6) is 0.355. The van der Waals surface area contributed by atoms with E-state index >= 15 is 0 Å². The number of hydrogen-bond donors (Lipinski definition) is 3. The summed E-state index contributed by atoms with van der Waals surface area (Å²) in [5, 5.41) is 2.44. The number of aryl methyl sites for hydroxylation is 1. The molecule has 0 aliphatic heterocycles. The first kappa shape index (κ1) is 22.6. The monoisotopic (exact) mass is 479 g/mol. The molecule has 7 nitrogen and oxygen atoms in total. The maximum absolute atomic E-state index is 12.2. The summed E-state index contributed by atoms with van der Waals surface area (Å²) in [6.45, 7) is 5.57. The van der Waals surface area contributed by atoms with Crippen LogP contribution in [0.25, 0.3) is 0 Å². The molecule has 154 valence electrons. The third-order valence-electron chi connectivity index (χ3n) is 3.48. The van der Waals surface area contributed by atoms with E-state index in [1.165, 1.54) is 0 Å². The van der Waals surface area contributed by atoms with Crippen molar-refractivity contribution in [2.75, 3.05) is 6.61 Å². The van der Waals surface area contributed by atoms with Crippen LogP contribution in [0.3, 0.4) is 0 Å². The Labute approximate surface area is 183 Å². The number of carbonyl (C=O) groups is 2. The standard InChI is InChI=1S/C20H22BrN3O4S/c1-12(2)28-15-7-5-14(6-8-15)19(26)22-20(29)24-23-18(25)11-27-17-9-4-13(3)10-16(17)21/h4-10,12H,11H2,1-3H3,(H,23,25)(H2,22,24,26,29). The van der Waals surface area contributed by atoms with E-state index in [0.29, 0.717) is 17.1 Å². The van der Waals surface area contributed by atoms with Gasteiger partial charge in [0.05, 0.1) is 10.6 Å². The molecule has 29 heavy (non-hydrogen) atoms. The second-order valence-electron chi connectivity index (χ2n) is 6.37. The van der Waals surface area contributed by atoms with Crippen molar-refractivity contribution in [3.05, 3.63) is 58.1 Å². The van der Waals surface area contributed by atoms with Gasteiger partial charge in [-0.25, -0.2) is 0 Å². The van der Waals surface area contributed by atoms with Crippen LogP contribution in [-0.2, 0) is 4.79 Å². The van der Waals surface area contributed by atoms with Gasteiger partial charge < -0.3 is 9.47 Å². The number of hydrogen-bond acceptors (Lipinski definition) is 5. The van der Waals surface area contributed by atoms with Crippen molar-refractivity contribution in [1.82, 2.24) is 16.2 Å². The van der Waals surface area contributed by atoms with Crippen LogP contribution in [0.4, 0.5) is 0 Å². The molecular formula is C20H22BrN3O4S. The van der Waals surface area contributed by atoms with Gasteiger partial charge in [0, 0.05) is 5.56 Å². The van der Waals surface area contributed by atoms with Crippen LogP contribution in [0.2, 0.25) is 0 Å². The molecule has 2 aromatic rings.